The number of carbonyl (C=O) groups excluding carboxylic acids is 1. The summed E-state index contributed by atoms with van der Waals surface area (Å²) in [7, 11) is 0. The van der Waals surface area contributed by atoms with Crippen LogP contribution in [0.5, 0.6) is 0 Å². The fraction of sp³-hybridized carbons (Fsp3) is 0.783. The van der Waals surface area contributed by atoms with Gasteiger partial charge in [-0.2, -0.15) is 0 Å². The molecule has 0 aromatic heterocycles. The van der Waals surface area contributed by atoms with E-state index in [1.165, 1.54) is 96.3 Å². The highest BCUT2D eigenvalue weighted by Crippen LogP contribution is 2.33. The van der Waals surface area contributed by atoms with Crippen molar-refractivity contribution in [2.45, 2.75) is 317 Å². The molecule has 17 unspecified atom stereocenters. The summed E-state index contributed by atoms with van der Waals surface area (Å²) in [5.41, 5.74) is 0. The summed E-state index contributed by atoms with van der Waals surface area (Å²) >= 11 is 0. The van der Waals surface area contributed by atoms with Gasteiger partial charge in [0.15, 0.2) is 18.9 Å². The van der Waals surface area contributed by atoms with E-state index in [2.05, 4.69) is 92.1 Å². The summed E-state index contributed by atoms with van der Waals surface area (Å²) in [6.45, 7) is 1.54. The number of carbonyl (C=O) groups is 1. The number of ether oxygens (including phenoxy) is 6. The lowest BCUT2D eigenvalue weighted by Gasteiger charge is -2.48. The number of amides is 1. The summed E-state index contributed by atoms with van der Waals surface area (Å²) in [6.07, 6.45) is 37.6. The van der Waals surface area contributed by atoms with Crippen LogP contribution in [0.25, 0.3) is 0 Å². The van der Waals surface area contributed by atoms with E-state index in [0.29, 0.717) is 6.42 Å². The minimum absolute atomic E-state index is 0.240. The summed E-state index contributed by atoms with van der Waals surface area (Å²) in [6, 6.07) is -0.973. The summed E-state index contributed by atoms with van der Waals surface area (Å²) in [4.78, 5) is 13.3. The van der Waals surface area contributed by atoms with Crippen LogP contribution in [0.15, 0.2) is 85.1 Å². The number of aliphatic hydroxyl groups excluding tert-OH is 11. The molecule has 0 spiro atoms. The first-order valence-corrected chi connectivity index (χ1v) is 33.8. The number of allylic oxidation sites excluding steroid dienone is 13. The van der Waals surface area contributed by atoms with Crippen LogP contribution in [0, 0.1) is 0 Å². The van der Waals surface area contributed by atoms with E-state index in [4.69, 9.17) is 28.4 Å². The lowest BCUT2D eigenvalue weighted by atomic mass is 9.96. The summed E-state index contributed by atoms with van der Waals surface area (Å²) in [5.74, 6) is -0.282. The second kappa shape index (κ2) is 50.5. The molecule has 88 heavy (non-hydrogen) atoms. The Hall–Kier alpha value is -3.03. The van der Waals surface area contributed by atoms with Crippen LogP contribution in [0.2, 0.25) is 0 Å². The van der Waals surface area contributed by atoms with Gasteiger partial charge in [-0.1, -0.05) is 221 Å². The molecule has 3 aliphatic heterocycles. The maximum Gasteiger partial charge on any atom is 0.220 e. The van der Waals surface area contributed by atoms with Gasteiger partial charge in [-0.3, -0.25) is 4.79 Å². The first-order valence-electron chi connectivity index (χ1n) is 33.8. The van der Waals surface area contributed by atoms with Crippen LogP contribution in [0.1, 0.15) is 213 Å². The molecule has 17 atom stereocenters. The van der Waals surface area contributed by atoms with Crippen molar-refractivity contribution in [3.8, 4) is 0 Å². The Kier molecular flexibility index (Phi) is 45.5. The van der Waals surface area contributed by atoms with E-state index in [-0.39, 0.29) is 18.9 Å². The number of rotatable bonds is 50. The maximum atomic E-state index is 13.3. The molecule has 3 saturated heterocycles. The number of unbranched alkanes of at least 4 members (excludes halogenated alkanes) is 22. The lowest BCUT2D eigenvalue weighted by molar-refractivity contribution is -0.379. The minimum atomic E-state index is -1.98. The molecule has 3 fully saturated rings. The van der Waals surface area contributed by atoms with E-state index >= 15 is 0 Å². The van der Waals surface area contributed by atoms with Crippen molar-refractivity contribution in [3.05, 3.63) is 85.1 Å². The average Bonchev–Trinajstić information content (AvgIpc) is 1.15. The number of nitrogens with one attached hydrogen (secondary N) is 1. The summed E-state index contributed by atoms with van der Waals surface area (Å²) in [5, 5.41) is 120. The van der Waals surface area contributed by atoms with E-state index in [1.54, 1.807) is 6.08 Å². The van der Waals surface area contributed by atoms with Gasteiger partial charge in [-0.15, -0.1) is 0 Å². The Bertz CT molecular complexity index is 1930. The highest BCUT2D eigenvalue weighted by molar-refractivity contribution is 5.76. The molecule has 0 aliphatic carbocycles. The molecule has 3 heterocycles. The second-order valence-electron chi connectivity index (χ2n) is 23.9. The van der Waals surface area contributed by atoms with Gasteiger partial charge in [0.05, 0.1) is 38.6 Å². The molecule has 0 radical (unpaired) electrons. The van der Waals surface area contributed by atoms with Gasteiger partial charge in [0.25, 0.3) is 0 Å². The smallest absolute Gasteiger partial charge is 0.220 e. The van der Waals surface area contributed by atoms with Crippen LogP contribution >= 0.6 is 0 Å². The molecule has 0 saturated carbocycles. The Balaban J connectivity index is 1.31. The molecule has 508 valence electrons. The molecule has 12 N–H and O–H groups in total. The van der Waals surface area contributed by atoms with E-state index in [9.17, 15) is 61.0 Å². The fourth-order valence-electron chi connectivity index (χ4n) is 11.0. The topological polar surface area (TPSA) is 307 Å². The molecule has 0 bridgehead atoms. The van der Waals surface area contributed by atoms with E-state index < -0.39 is 124 Å². The quantitative estimate of drug-likeness (QED) is 0.0201. The normalized spacial score (nSPS) is 28.9. The van der Waals surface area contributed by atoms with Crippen molar-refractivity contribution in [2.75, 3.05) is 26.4 Å². The van der Waals surface area contributed by atoms with Crippen molar-refractivity contribution in [3.63, 3.8) is 0 Å². The first kappa shape index (κ1) is 79.2. The minimum Gasteiger partial charge on any atom is -0.394 e. The van der Waals surface area contributed by atoms with Crippen molar-refractivity contribution < 1.29 is 89.4 Å². The molecule has 19 nitrogen and oxygen atoms in total. The monoisotopic (exact) mass is 1250 g/mol. The molecule has 1 amide bonds. The number of hydrogen-bond acceptors (Lipinski definition) is 18. The third-order valence-electron chi connectivity index (χ3n) is 16.4. The number of hydrogen-bond donors (Lipinski definition) is 12. The van der Waals surface area contributed by atoms with Crippen molar-refractivity contribution >= 4 is 5.91 Å². The standard InChI is InChI=1S/C69H119NO18/c1-3-5-7-9-11-13-14-15-16-17-18-19-20-21-22-23-24-25-26-27-28-29-30-31-32-33-34-35-36-37-38-39-41-43-45-47-57(75)70-52(53(74)46-44-42-40-12-10-8-6-4-2)51-83-67-63(81)60(78)65(55(49-72)85-67)88-69-64(82)61(79)66(56(50-73)86-69)87-68-62(80)59(77)58(76)54(48-71)84-68/h5,7,11,13,15-16,18-19,21-22,24-25,44,46,52-56,58-69,71-74,76-82H,3-4,6,8-10,12,14,17,20,23,26-43,45,47-51H2,1-2H3,(H,70,75)/b7-5-,13-11-,16-15-,19-18-,22-21-,25-24-,46-44+. The largest absolute Gasteiger partial charge is 0.394 e. The van der Waals surface area contributed by atoms with Crippen molar-refractivity contribution in [1.82, 2.24) is 5.32 Å². The highest BCUT2D eigenvalue weighted by Gasteiger charge is 2.53. The zero-order valence-electron chi connectivity index (χ0n) is 53.4. The Labute approximate surface area is 527 Å². The predicted octanol–water partition coefficient (Wildman–Crippen LogP) is 8.32. The Morgan fingerprint density at radius 1 is 0.420 bits per heavy atom. The molecular formula is C69H119NO18. The van der Waals surface area contributed by atoms with Gasteiger partial charge in [0.1, 0.15) is 73.2 Å². The third kappa shape index (κ3) is 32.5. The predicted molar refractivity (Wildman–Crippen MR) is 341 cm³/mol. The van der Waals surface area contributed by atoms with Gasteiger partial charge in [-0.05, 0) is 70.6 Å². The third-order valence-corrected chi connectivity index (χ3v) is 16.4. The molecule has 0 aromatic carbocycles. The van der Waals surface area contributed by atoms with E-state index in [1.807, 2.05) is 6.08 Å². The highest BCUT2D eigenvalue weighted by atomic mass is 16.8. The Morgan fingerprint density at radius 2 is 0.784 bits per heavy atom. The van der Waals surface area contributed by atoms with Gasteiger partial charge >= 0.3 is 0 Å². The zero-order valence-corrected chi connectivity index (χ0v) is 53.4. The van der Waals surface area contributed by atoms with Crippen LogP contribution in [-0.4, -0.2) is 193 Å². The van der Waals surface area contributed by atoms with Crippen LogP contribution in [0.3, 0.4) is 0 Å². The van der Waals surface area contributed by atoms with Crippen molar-refractivity contribution in [1.29, 1.82) is 0 Å². The second-order valence-corrected chi connectivity index (χ2v) is 23.9. The fourth-order valence-corrected chi connectivity index (χ4v) is 11.0. The van der Waals surface area contributed by atoms with E-state index in [0.717, 1.165) is 89.9 Å². The molecule has 3 rings (SSSR count). The SMILES string of the molecule is CC/C=C\C/C=C\C/C=C\C/C=C\C/C=C\C/C=C\CCCCCCCCCCCCCCCCCCC(=O)NC(COC1OC(CO)C(OC2OC(CO)C(OC3OC(CO)C(O)C(O)C3O)C(O)C2O)C(O)C1O)C(O)/C=C/CCCCCCCC. The van der Waals surface area contributed by atoms with Gasteiger partial charge in [0.2, 0.25) is 5.91 Å². The molecule has 19 heteroatoms. The maximum absolute atomic E-state index is 13.3. The van der Waals surface area contributed by atoms with Gasteiger partial charge < -0.3 is 89.9 Å². The van der Waals surface area contributed by atoms with Crippen LogP contribution in [0.4, 0.5) is 0 Å². The van der Waals surface area contributed by atoms with Crippen molar-refractivity contribution in [2.24, 2.45) is 0 Å². The molecular weight excluding hydrogens is 1130 g/mol. The van der Waals surface area contributed by atoms with Gasteiger partial charge in [-0.25, -0.2) is 0 Å². The Morgan fingerprint density at radius 3 is 1.23 bits per heavy atom. The van der Waals surface area contributed by atoms with Gasteiger partial charge in [0, 0.05) is 6.42 Å². The number of aliphatic hydroxyl groups is 11. The zero-order chi connectivity index (χ0) is 64.0. The lowest BCUT2D eigenvalue weighted by Crippen LogP contribution is -2.66. The van der Waals surface area contributed by atoms with Crippen LogP contribution < -0.4 is 5.32 Å². The van der Waals surface area contributed by atoms with Crippen LogP contribution in [-0.2, 0) is 33.2 Å². The summed E-state index contributed by atoms with van der Waals surface area (Å²) < 4.78 is 34.2. The molecule has 3 aliphatic rings. The first-order chi connectivity index (χ1) is 42.8. The molecule has 0 aromatic rings. The average molecular weight is 1250 g/mol.